The number of sulfonamides is 1. The van der Waals surface area contributed by atoms with Gasteiger partial charge in [0.05, 0.1) is 25.2 Å². The molecule has 0 heterocycles. The molecule has 0 saturated heterocycles. The molecule has 0 amide bonds. The summed E-state index contributed by atoms with van der Waals surface area (Å²) < 4.78 is 39.9. The van der Waals surface area contributed by atoms with Gasteiger partial charge in [-0.2, -0.15) is 0 Å². The molecule has 0 radical (unpaired) electrons. The van der Waals surface area contributed by atoms with Gasteiger partial charge in [0.15, 0.2) is 0 Å². The van der Waals surface area contributed by atoms with Crippen molar-refractivity contribution in [3.63, 3.8) is 0 Å². The summed E-state index contributed by atoms with van der Waals surface area (Å²) in [5.74, 6) is 1.16. The Labute approximate surface area is 182 Å². The number of benzene rings is 3. The van der Waals surface area contributed by atoms with Gasteiger partial charge in [-0.25, -0.2) is 13.1 Å². The average molecular weight is 446 g/mol. The molecule has 3 aromatic rings. The number of para-hydroxylation sites is 1. The third-order valence-corrected chi connectivity index (χ3v) is 6.71. The second-order valence-electron chi connectivity index (χ2n) is 6.69. The molecule has 3 rings (SSSR count). The summed E-state index contributed by atoms with van der Waals surface area (Å²) in [6.07, 6.45) is 0. The van der Waals surface area contributed by atoms with Gasteiger partial charge in [0.25, 0.3) is 0 Å². The summed E-state index contributed by atoms with van der Waals surface area (Å²) in [5.41, 5.74) is 1.60. The van der Waals surface area contributed by atoms with E-state index in [2.05, 4.69) is 4.72 Å². The number of alkyl halides is 1. The number of halogens is 1. The fourth-order valence-corrected chi connectivity index (χ4v) is 4.98. The van der Waals surface area contributed by atoms with Gasteiger partial charge in [0.2, 0.25) is 10.0 Å². The van der Waals surface area contributed by atoms with Gasteiger partial charge >= 0.3 is 0 Å². The van der Waals surface area contributed by atoms with Crippen LogP contribution in [-0.4, -0.2) is 28.5 Å². The van der Waals surface area contributed by atoms with Crippen molar-refractivity contribution in [3.8, 4) is 11.5 Å². The zero-order chi connectivity index (χ0) is 21.6. The SMILES string of the molecule is COc1ccc(C(NS(=O)(=O)c2ccccc2)C(CCl)c2ccccc2OC)cc1. The Bertz CT molecular complexity index is 1060. The molecule has 0 spiro atoms. The molecule has 0 aliphatic rings. The second kappa shape index (κ2) is 9.98. The largest absolute Gasteiger partial charge is 0.497 e. The van der Waals surface area contributed by atoms with Crippen LogP contribution >= 0.6 is 11.6 Å². The summed E-state index contributed by atoms with van der Waals surface area (Å²) >= 11 is 6.39. The van der Waals surface area contributed by atoms with Crippen molar-refractivity contribution in [2.45, 2.75) is 16.9 Å². The van der Waals surface area contributed by atoms with Gasteiger partial charge < -0.3 is 9.47 Å². The predicted molar refractivity (Wildman–Crippen MR) is 119 cm³/mol. The van der Waals surface area contributed by atoms with Crippen molar-refractivity contribution >= 4 is 21.6 Å². The highest BCUT2D eigenvalue weighted by Gasteiger charge is 2.31. The average Bonchev–Trinajstić information content (AvgIpc) is 2.80. The van der Waals surface area contributed by atoms with E-state index in [-0.39, 0.29) is 16.7 Å². The fourth-order valence-electron chi connectivity index (χ4n) is 3.35. The van der Waals surface area contributed by atoms with Crippen LogP contribution in [-0.2, 0) is 10.0 Å². The molecule has 30 heavy (non-hydrogen) atoms. The molecule has 0 bridgehead atoms. The third-order valence-electron chi connectivity index (χ3n) is 4.92. The Morgan fingerprint density at radius 1 is 0.867 bits per heavy atom. The maximum atomic E-state index is 13.1. The molecule has 0 fully saturated rings. The first-order valence-electron chi connectivity index (χ1n) is 9.40. The number of methoxy groups -OCH3 is 2. The number of hydrogen-bond acceptors (Lipinski definition) is 4. The first-order chi connectivity index (χ1) is 14.5. The minimum absolute atomic E-state index is 0.189. The predicted octanol–water partition coefficient (Wildman–Crippen LogP) is 4.75. The number of nitrogens with one attached hydrogen (secondary N) is 1. The number of hydrogen-bond donors (Lipinski definition) is 1. The summed E-state index contributed by atoms with van der Waals surface area (Å²) in [6, 6.07) is 22.4. The topological polar surface area (TPSA) is 64.6 Å². The van der Waals surface area contributed by atoms with Crippen molar-refractivity contribution in [1.82, 2.24) is 4.72 Å². The molecule has 158 valence electrons. The van der Waals surface area contributed by atoms with Crippen LogP contribution in [0.3, 0.4) is 0 Å². The van der Waals surface area contributed by atoms with E-state index < -0.39 is 16.1 Å². The smallest absolute Gasteiger partial charge is 0.241 e. The Kier molecular flexibility index (Phi) is 7.37. The van der Waals surface area contributed by atoms with E-state index in [0.29, 0.717) is 11.5 Å². The van der Waals surface area contributed by atoms with Crippen LogP contribution in [0, 0.1) is 0 Å². The molecule has 1 N–H and O–H groups in total. The number of rotatable bonds is 9. The summed E-state index contributed by atoms with van der Waals surface area (Å²) in [6.45, 7) is 0. The summed E-state index contributed by atoms with van der Waals surface area (Å²) in [4.78, 5) is 0.192. The maximum Gasteiger partial charge on any atom is 0.241 e. The first kappa shape index (κ1) is 22.2. The highest BCUT2D eigenvalue weighted by Crippen LogP contribution is 2.38. The molecule has 0 aliphatic carbocycles. The lowest BCUT2D eigenvalue weighted by Gasteiger charge is -2.28. The normalized spacial score (nSPS) is 13.4. The van der Waals surface area contributed by atoms with Crippen LogP contribution in [0.5, 0.6) is 11.5 Å². The zero-order valence-electron chi connectivity index (χ0n) is 16.8. The van der Waals surface area contributed by atoms with E-state index in [9.17, 15) is 8.42 Å². The maximum absolute atomic E-state index is 13.1. The molecule has 2 atom stereocenters. The van der Waals surface area contributed by atoms with Crippen molar-refractivity contribution in [1.29, 1.82) is 0 Å². The van der Waals surface area contributed by atoms with Crippen LogP contribution in [0.15, 0.2) is 83.8 Å². The standard InChI is InChI=1S/C23H24ClNO4S/c1-28-18-14-12-17(13-15-18)23(25-30(26,27)19-8-4-3-5-9-19)21(16-24)20-10-6-7-11-22(20)29-2/h3-15,21,23,25H,16H2,1-2H3. The van der Waals surface area contributed by atoms with E-state index in [4.69, 9.17) is 21.1 Å². The van der Waals surface area contributed by atoms with E-state index in [1.165, 1.54) is 0 Å². The van der Waals surface area contributed by atoms with Crippen LogP contribution in [0.4, 0.5) is 0 Å². The molecule has 0 aromatic heterocycles. The van der Waals surface area contributed by atoms with Gasteiger partial charge in [0.1, 0.15) is 11.5 Å². The van der Waals surface area contributed by atoms with Gasteiger partial charge in [-0.15, -0.1) is 11.6 Å². The molecule has 2 unspecified atom stereocenters. The molecular weight excluding hydrogens is 422 g/mol. The molecule has 7 heteroatoms. The van der Waals surface area contributed by atoms with Crippen molar-refractivity contribution in [3.05, 3.63) is 90.0 Å². The van der Waals surface area contributed by atoms with Crippen molar-refractivity contribution in [2.75, 3.05) is 20.1 Å². The Hall–Kier alpha value is -2.54. The van der Waals surface area contributed by atoms with Crippen LogP contribution in [0.2, 0.25) is 0 Å². The zero-order valence-corrected chi connectivity index (χ0v) is 18.4. The van der Waals surface area contributed by atoms with Crippen molar-refractivity contribution in [2.24, 2.45) is 0 Å². The van der Waals surface area contributed by atoms with Gasteiger partial charge in [-0.05, 0) is 35.9 Å². The number of ether oxygens (including phenoxy) is 2. The van der Waals surface area contributed by atoms with E-state index in [1.54, 1.807) is 56.7 Å². The van der Waals surface area contributed by atoms with E-state index >= 15 is 0 Å². The third kappa shape index (κ3) is 4.95. The molecule has 5 nitrogen and oxygen atoms in total. The highest BCUT2D eigenvalue weighted by atomic mass is 35.5. The van der Waals surface area contributed by atoms with Gasteiger partial charge in [0, 0.05) is 17.4 Å². The van der Waals surface area contributed by atoms with E-state index in [0.717, 1.165) is 11.1 Å². The second-order valence-corrected chi connectivity index (χ2v) is 8.71. The Morgan fingerprint density at radius 3 is 2.10 bits per heavy atom. The fraction of sp³-hybridized carbons (Fsp3) is 0.217. The first-order valence-corrected chi connectivity index (χ1v) is 11.4. The Balaban J connectivity index is 2.08. The highest BCUT2D eigenvalue weighted by molar-refractivity contribution is 7.89. The Morgan fingerprint density at radius 2 is 1.50 bits per heavy atom. The van der Waals surface area contributed by atoms with Crippen molar-refractivity contribution < 1.29 is 17.9 Å². The summed E-state index contributed by atoms with van der Waals surface area (Å²) in [5, 5.41) is 0. The summed E-state index contributed by atoms with van der Waals surface area (Å²) in [7, 11) is -0.618. The minimum Gasteiger partial charge on any atom is -0.497 e. The van der Waals surface area contributed by atoms with E-state index in [1.807, 2.05) is 36.4 Å². The van der Waals surface area contributed by atoms with Gasteiger partial charge in [-0.1, -0.05) is 48.5 Å². The molecule has 3 aromatic carbocycles. The lowest BCUT2D eigenvalue weighted by molar-refractivity contribution is 0.400. The monoisotopic (exact) mass is 445 g/mol. The van der Waals surface area contributed by atoms with Gasteiger partial charge in [-0.3, -0.25) is 0 Å². The van der Waals surface area contributed by atoms with Crippen LogP contribution < -0.4 is 14.2 Å². The lowest BCUT2D eigenvalue weighted by Crippen LogP contribution is -2.33. The van der Waals surface area contributed by atoms with Crippen LogP contribution in [0.25, 0.3) is 0 Å². The molecule has 0 aliphatic heterocycles. The molecular formula is C23H24ClNO4S. The lowest BCUT2D eigenvalue weighted by atomic mass is 9.88. The molecule has 0 saturated carbocycles. The quantitative estimate of drug-likeness (QED) is 0.483. The van der Waals surface area contributed by atoms with Crippen LogP contribution in [0.1, 0.15) is 23.1 Å². The minimum atomic E-state index is -3.79.